The van der Waals surface area contributed by atoms with Crippen molar-refractivity contribution in [2.75, 3.05) is 30.9 Å². The number of anilines is 2. The van der Waals surface area contributed by atoms with Crippen molar-refractivity contribution in [2.24, 2.45) is 0 Å². The van der Waals surface area contributed by atoms with Crippen LogP contribution in [0.4, 0.5) is 16.2 Å². The Kier molecular flexibility index (Phi) is 6.44. The molecule has 3 amide bonds. The molecule has 4 rings (SSSR count). The van der Waals surface area contributed by atoms with Crippen molar-refractivity contribution >= 4 is 23.3 Å². The zero-order chi connectivity index (χ0) is 22.5. The molecule has 166 valence electrons. The molecule has 1 fully saturated rings. The number of hydrogen-bond donors (Lipinski definition) is 2. The SMILES string of the molecule is CN(C)c1cccc(C2CCCN2C(=O)NCc2cccc(NC(=O)c3ccco3)c2)c1. The van der Waals surface area contributed by atoms with Crippen LogP contribution < -0.4 is 15.5 Å². The van der Waals surface area contributed by atoms with Crippen LogP contribution in [0.1, 0.15) is 40.6 Å². The van der Waals surface area contributed by atoms with Gasteiger partial charge in [0.1, 0.15) is 0 Å². The van der Waals surface area contributed by atoms with Crippen molar-refractivity contribution in [2.45, 2.75) is 25.4 Å². The summed E-state index contributed by atoms with van der Waals surface area (Å²) in [6.07, 6.45) is 3.40. The number of rotatable bonds is 6. The number of urea groups is 1. The number of furan rings is 1. The summed E-state index contributed by atoms with van der Waals surface area (Å²) in [4.78, 5) is 29.1. The summed E-state index contributed by atoms with van der Waals surface area (Å²) in [5.41, 5.74) is 3.84. The molecule has 0 bridgehead atoms. The Labute approximate surface area is 188 Å². The molecule has 32 heavy (non-hydrogen) atoms. The summed E-state index contributed by atoms with van der Waals surface area (Å²) >= 11 is 0. The van der Waals surface area contributed by atoms with Crippen molar-refractivity contribution in [1.82, 2.24) is 10.2 Å². The van der Waals surface area contributed by atoms with Crippen LogP contribution in [-0.4, -0.2) is 37.5 Å². The molecule has 1 atom stereocenters. The van der Waals surface area contributed by atoms with E-state index in [1.54, 1.807) is 18.2 Å². The lowest BCUT2D eigenvalue weighted by molar-refractivity contribution is 0.0996. The summed E-state index contributed by atoms with van der Waals surface area (Å²) in [7, 11) is 4.03. The van der Waals surface area contributed by atoms with Gasteiger partial charge in [-0.2, -0.15) is 0 Å². The van der Waals surface area contributed by atoms with Crippen molar-refractivity contribution in [3.8, 4) is 0 Å². The van der Waals surface area contributed by atoms with Gasteiger partial charge in [-0.05, 0) is 60.4 Å². The van der Waals surface area contributed by atoms with Crippen molar-refractivity contribution < 1.29 is 14.0 Å². The fourth-order valence-electron chi connectivity index (χ4n) is 4.01. The third-order valence-corrected chi connectivity index (χ3v) is 5.66. The quantitative estimate of drug-likeness (QED) is 0.595. The van der Waals surface area contributed by atoms with Crippen LogP contribution in [0, 0.1) is 0 Å². The molecule has 2 heterocycles. The van der Waals surface area contributed by atoms with Crippen LogP contribution in [0.3, 0.4) is 0 Å². The summed E-state index contributed by atoms with van der Waals surface area (Å²) in [5, 5.41) is 5.84. The molecule has 1 aliphatic heterocycles. The second kappa shape index (κ2) is 9.60. The Morgan fingerprint density at radius 3 is 2.72 bits per heavy atom. The largest absolute Gasteiger partial charge is 0.459 e. The lowest BCUT2D eigenvalue weighted by atomic mass is 10.0. The van der Waals surface area contributed by atoms with E-state index in [1.165, 1.54) is 6.26 Å². The lowest BCUT2D eigenvalue weighted by Crippen LogP contribution is -2.39. The zero-order valence-corrected chi connectivity index (χ0v) is 18.4. The minimum atomic E-state index is -0.309. The average Bonchev–Trinajstić information content (AvgIpc) is 3.50. The minimum Gasteiger partial charge on any atom is -0.459 e. The number of nitrogens with zero attached hydrogens (tertiary/aromatic N) is 2. The Hall–Kier alpha value is -3.74. The van der Waals surface area contributed by atoms with E-state index in [0.29, 0.717) is 12.2 Å². The topological polar surface area (TPSA) is 77.8 Å². The fraction of sp³-hybridized carbons (Fsp3) is 0.280. The minimum absolute atomic E-state index is 0.0761. The van der Waals surface area contributed by atoms with Crippen LogP contribution in [0.15, 0.2) is 71.3 Å². The van der Waals surface area contributed by atoms with Crippen molar-refractivity contribution in [3.05, 3.63) is 83.8 Å². The Morgan fingerprint density at radius 2 is 1.94 bits per heavy atom. The Balaban J connectivity index is 1.38. The van der Waals surface area contributed by atoms with Crippen molar-refractivity contribution in [3.63, 3.8) is 0 Å². The highest BCUT2D eigenvalue weighted by atomic mass is 16.3. The normalized spacial score (nSPS) is 15.4. The smallest absolute Gasteiger partial charge is 0.318 e. The molecular formula is C25H28N4O3. The predicted molar refractivity (Wildman–Crippen MR) is 125 cm³/mol. The second-order valence-corrected chi connectivity index (χ2v) is 8.13. The molecule has 1 aromatic heterocycles. The zero-order valence-electron chi connectivity index (χ0n) is 18.4. The summed E-state index contributed by atoms with van der Waals surface area (Å²) in [6, 6.07) is 19.1. The molecule has 1 aliphatic rings. The Bertz CT molecular complexity index is 1080. The van der Waals surface area contributed by atoms with E-state index in [0.717, 1.165) is 36.2 Å². The van der Waals surface area contributed by atoms with E-state index >= 15 is 0 Å². The first kappa shape index (κ1) is 21.5. The third-order valence-electron chi connectivity index (χ3n) is 5.66. The number of nitrogens with one attached hydrogen (secondary N) is 2. The van der Waals surface area contributed by atoms with E-state index in [2.05, 4.69) is 33.7 Å². The molecule has 1 saturated heterocycles. The highest BCUT2D eigenvalue weighted by Crippen LogP contribution is 2.33. The summed E-state index contributed by atoms with van der Waals surface area (Å²) in [6.45, 7) is 1.12. The van der Waals surface area contributed by atoms with Crippen LogP contribution >= 0.6 is 0 Å². The third kappa shape index (κ3) is 4.94. The number of amides is 3. The van der Waals surface area contributed by atoms with Gasteiger partial charge in [0.05, 0.1) is 12.3 Å². The van der Waals surface area contributed by atoms with Crippen molar-refractivity contribution in [1.29, 1.82) is 0 Å². The van der Waals surface area contributed by atoms with Crippen LogP contribution in [0.5, 0.6) is 0 Å². The van der Waals surface area contributed by atoms with Gasteiger partial charge in [-0.25, -0.2) is 4.79 Å². The summed E-state index contributed by atoms with van der Waals surface area (Å²) in [5.74, 6) is -0.0573. The molecule has 1 unspecified atom stereocenters. The molecule has 0 radical (unpaired) electrons. The number of carbonyl (C=O) groups excluding carboxylic acids is 2. The standard InChI is InChI=1S/C25H28N4O3/c1-28(2)21-10-4-8-19(16-21)22-11-5-13-29(22)25(31)26-17-18-7-3-9-20(15-18)27-24(30)23-12-6-14-32-23/h3-4,6-10,12,14-16,22H,5,11,13,17H2,1-2H3,(H,26,31)(H,27,30). The van der Waals surface area contributed by atoms with Gasteiger partial charge in [-0.15, -0.1) is 0 Å². The first-order valence-corrected chi connectivity index (χ1v) is 10.8. The van der Waals surface area contributed by atoms with Gasteiger partial charge in [0.15, 0.2) is 5.76 Å². The van der Waals surface area contributed by atoms with Gasteiger partial charge in [0.25, 0.3) is 5.91 Å². The maximum absolute atomic E-state index is 13.0. The summed E-state index contributed by atoms with van der Waals surface area (Å²) < 4.78 is 5.12. The first-order valence-electron chi connectivity index (χ1n) is 10.8. The maximum atomic E-state index is 13.0. The second-order valence-electron chi connectivity index (χ2n) is 8.13. The van der Waals surface area contributed by atoms with Gasteiger partial charge in [-0.1, -0.05) is 24.3 Å². The molecule has 0 saturated carbocycles. The Morgan fingerprint density at radius 1 is 1.09 bits per heavy atom. The van der Waals surface area contributed by atoms with Gasteiger partial charge in [0, 0.05) is 38.6 Å². The number of hydrogen-bond acceptors (Lipinski definition) is 4. The molecule has 2 N–H and O–H groups in total. The number of likely N-dealkylation sites (tertiary alicyclic amines) is 1. The first-order chi connectivity index (χ1) is 15.5. The predicted octanol–water partition coefficient (Wildman–Crippen LogP) is 4.64. The molecule has 7 heteroatoms. The molecule has 3 aromatic rings. The average molecular weight is 433 g/mol. The van der Waals surface area contributed by atoms with Crippen LogP contribution in [0.25, 0.3) is 0 Å². The van der Waals surface area contributed by atoms with Gasteiger partial charge in [-0.3, -0.25) is 4.79 Å². The highest BCUT2D eigenvalue weighted by molar-refractivity contribution is 6.02. The fourth-order valence-corrected chi connectivity index (χ4v) is 4.01. The molecule has 0 aliphatic carbocycles. The molecule has 7 nitrogen and oxygen atoms in total. The molecule has 2 aromatic carbocycles. The monoisotopic (exact) mass is 432 g/mol. The number of benzene rings is 2. The number of carbonyl (C=O) groups is 2. The molecule has 0 spiro atoms. The highest BCUT2D eigenvalue weighted by Gasteiger charge is 2.30. The van der Waals surface area contributed by atoms with Gasteiger partial charge >= 0.3 is 6.03 Å². The van der Waals surface area contributed by atoms with Gasteiger partial charge in [0.2, 0.25) is 0 Å². The maximum Gasteiger partial charge on any atom is 0.318 e. The van der Waals surface area contributed by atoms with E-state index < -0.39 is 0 Å². The van der Waals surface area contributed by atoms with E-state index in [-0.39, 0.29) is 23.7 Å². The van der Waals surface area contributed by atoms with Gasteiger partial charge < -0.3 is 24.9 Å². The van der Waals surface area contributed by atoms with Crippen LogP contribution in [0.2, 0.25) is 0 Å². The van der Waals surface area contributed by atoms with E-state index in [1.807, 2.05) is 43.3 Å². The van der Waals surface area contributed by atoms with E-state index in [4.69, 9.17) is 4.42 Å². The lowest BCUT2D eigenvalue weighted by Gasteiger charge is -2.26. The van der Waals surface area contributed by atoms with E-state index in [9.17, 15) is 9.59 Å². The van der Waals surface area contributed by atoms with Crippen LogP contribution in [-0.2, 0) is 6.54 Å². The molecular weight excluding hydrogens is 404 g/mol.